The lowest BCUT2D eigenvalue weighted by Gasteiger charge is -2.18. The number of hydrogen-bond acceptors (Lipinski definition) is 5. The number of aliphatic hydroxyl groups excluding tert-OH is 1. The number of β-amino-alcohol motifs (C(OH)–C–C–N with tert-alkyl or cyclic N) is 1. The van der Waals surface area contributed by atoms with Gasteiger partial charge >= 0.3 is 0 Å². The van der Waals surface area contributed by atoms with Crippen LogP contribution in [0.15, 0.2) is 18.5 Å². The van der Waals surface area contributed by atoms with Crippen LogP contribution in [0.25, 0.3) is 0 Å². The summed E-state index contributed by atoms with van der Waals surface area (Å²) in [6.07, 6.45) is 3.76. The van der Waals surface area contributed by atoms with Gasteiger partial charge in [0.1, 0.15) is 0 Å². The second-order valence-corrected chi connectivity index (χ2v) is 8.29. The third-order valence-electron chi connectivity index (χ3n) is 4.08. The molecule has 8 nitrogen and oxygen atoms in total. The van der Waals surface area contributed by atoms with E-state index >= 15 is 0 Å². The molecule has 1 N–H and O–H groups in total. The van der Waals surface area contributed by atoms with Crippen LogP contribution in [0.4, 0.5) is 0 Å². The van der Waals surface area contributed by atoms with Gasteiger partial charge in [-0.3, -0.25) is 9.48 Å². The van der Waals surface area contributed by atoms with Gasteiger partial charge in [-0.2, -0.15) is 5.10 Å². The molecule has 9 heteroatoms. The number of aryl methyl sites for hydroxylation is 1. The lowest BCUT2D eigenvalue weighted by Crippen LogP contribution is -2.33. The van der Waals surface area contributed by atoms with Crippen molar-refractivity contribution in [3.8, 4) is 0 Å². The largest absolute Gasteiger partial charge is 0.391 e. The van der Waals surface area contributed by atoms with Gasteiger partial charge in [-0.05, 0) is 12.5 Å². The van der Waals surface area contributed by atoms with Crippen LogP contribution in [-0.2, 0) is 21.4 Å². The molecule has 130 valence electrons. The number of nitrogens with zero attached hydrogens (tertiary/aromatic N) is 4. The molecule has 1 aromatic heterocycles. The molecule has 0 aliphatic carbocycles. The first-order valence-corrected chi connectivity index (χ1v) is 9.24. The molecule has 23 heavy (non-hydrogen) atoms. The van der Waals surface area contributed by atoms with E-state index in [1.165, 1.54) is 14.1 Å². The molecule has 1 amide bonds. The number of likely N-dealkylation sites (tertiary alicyclic amines) is 1. The van der Waals surface area contributed by atoms with Crippen LogP contribution in [0.1, 0.15) is 12.8 Å². The quantitative estimate of drug-likeness (QED) is 0.711. The van der Waals surface area contributed by atoms with E-state index in [0.717, 1.165) is 4.31 Å². The monoisotopic (exact) mass is 344 g/mol. The van der Waals surface area contributed by atoms with Crippen molar-refractivity contribution in [2.75, 3.05) is 32.9 Å². The third kappa shape index (κ3) is 4.76. The summed E-state index contributed by atoms with van der Waals surface area (Å²) in [5.41, 5.74) is 0. The van der Waals surface area contributed by atoms with Crippen LogP contribution < -0.4 is 0 Å². The summed E-state index contributed by atoms with van der Waals surface area (Å²) in [7, 11) is -0.452. The highest BCUT2D eigenvalue weighted by Crippen LogP contribution is 2.21. The predicted octanol–water partition coefficient (Wildman–Crippen LogP) is -0.626. The molecule has 0 saturated carbocycles. The molecule has 1 aromatic rings. The second-order valence-electron chi connectivity index (χ2n) is 6.06. The fraction of sp³-hybridized carbons (Fsp3) is 0.714. The van der Waals surface area contributed by atoms with Gasteiger partial charge in [-0.25, -0.2) is 12.7 Å². The fourth-order valence-corrected chi connectivity index (χ4v) is 3.79. The Hall–Kier alpha value is -1.45. The number of sulfonamides is 1. The maximum atomic E-state index is 12.2. The van der Waals surface area contributed by atoms with Gasteiger partial charge in [-0.1, -0.05) is 0 Å². The summed E-state index contributed by atoms with van der Waals surface area (Å²) in [6.45, 7) is 1.15. The zero-order chi connectivity index (χ0) is 17.0. The lowest BCUT2D eigenvalue weighted by molar-refractivity contribution is -0.130. The van der Waals surface area contributed by atoms with Gasteiger partial charge in [0.15, 0.2) is 0 Å². The van der Waals surface area contributed by atoms with Crippen molar-refractivity contribution in [1.82, 2.24) is 19.0 Å². The minimum Gasteiger partial charge on any atom is -0.391 e. The van der Waals surface area contributed by atoms with Gasteiger partial charge in [-0.15, -0.1) is 0 Å². The fourth-order valence-electron chi connectivity index (χ4n) is 2.62. The molecule has 0 unspecified atom stereocenters. The SMILES string of the molecule is CN(C)S(=O)(=O)C[C@@H]1CN(C(=O)CCCn2cccn2)C[C@@H]1O. The highest BCUT2D eigenvalue weighted by atomic mass is 32.2. The molecule has 2 atom stereocenters. The lowest BCUT2D eigenvalue weighted by atomic mass is 10.1. The van der Waals surface area contributed by atoms with Crippen LogP contribution in [0.3, 0.4) is 0 Å². The first-order chi connectivity index (χ1) is 10.8. The molecule has 0 spiro atoms. The van der Waals surface area contributed by atoms with E-state index in [-0.39, 0.29) is 24.7 Å². The first kappa shape index (κ1) is 17.9. The Balaban J connectivity index is 1.81. The number of aliphatic hydroxyl groups is 1. The topological polar surface area (TPSA) is 95.7 Å². The zero-order valence-corrected chi connectivity index (χ0v) is 14.3. The molecule has 1 aliphatic heterocycles. The molecule has 1 fully saturated rings. The highest BCUT2D eigenvalue weighted by molar-refractivity contribution is 7.89. The molecule has 1 saturated heterocycles. The van der Waals surface area contributed by atoms with Crippen LogP contribution in [0, 0.1) is 5.92 Å². The summed E-state index contributed by atoms with van der Waals surface area (Å²) in [6, 6.07) is 1.83. The van der Waals surface area contributed by atoms with Gasteiger partial charge in [0, 0.05) is 58.5 Å². The summed E-state index contributed by atoms with van der Waals surface area (Å²) in [5.74, 6) is -0.628. The van der Waals surface area contributed by atoms with E-state index in [9.17, 15) is 18.3 Å². The summed E-state index contributed by atoms with van der Waals surface area (Å²) >= 11 is 0. The molecule has 2 rings (SSSR count). The highest BCUT2D eigenvalue weighted by Gasteiger charge is 2.37. The van der Waals surface area contributed by atoms with Crippen LogP contribution >= 0.6 is 0 Å². The van der Waals surface area contributed by atoms with Gasteiger partial charge in [0.05, 0.1) is 11.9 Å². The number of rotatable bonds is 7. The Morgan fingerprint density at radius 3 is 2.74 bits per heavy atom. The molecule has 0 radical (unpaired) electrons. The van der Waals surface area contributed by atoms with Crippen molar-refractivity contribution in [2.24, 2.45) is 5.92 Å². The van der Waals surface area contributed by atoms with Gasteiger partial charge in [0.2, 0.25) is 15.9 Å². The smallest absolute Gasteiger partial charge is 0.222 e. The van der Waals surface area contributed by atoms with E-state index < -0.39 is 22.0 Å². The maximum Gasteiger partial charge on any atom is 0.222 e. The summed E-state index contributed by atoms with van der Waals surface area (Å²) in [5, 5.41) is 14.1. The van der Waals surface area contributed by atoms with E-state index in [1.807, 2.05) is 12.3 Å². The number of hydrogen-bond donors (Lipinski definition) is 1. The van der Waals surface area contributed by atoms with Crippen molar-refractivity contribution in [2.45, 2.75) is 25.5 Å². The maximum absolute atomic E-state index is 12.2. The molecule has 1 aliphatic rings. The summed E-state index contributed by atoms with van der Waals surface area (Å²) in [4.78, 5) is 13.7. The molecular formula is C14H24N4O4S. The Morgan fingerprint density at radius 2 is 2.13 bits per heavy atom. The predicted molar refractivity (Wildman–Crippen MR) is 85.0 cm³/mol. The van der Waals surface area contributed by atoms with Crippen LogP contribution in [-0.4, -0.2) is 77.5 Å². The molecule has 0 aromatic carbocycles. The Kier molecular flexibility index (Phi) is 5.77. The van der Waals surface area contributed by atoms with Crippen LogP contribution in [0.2, 0.25) is 0 Å². The van der Waals surface area contributed by atoms with Crippen molar-refractivity contribution < 1.29 is 18.3 Å². The molecular weight excluding hydrogens is 320 g/mol. The number of carbonyl (C=O) groups is 1. The second kappa shape index (κ2) is 7.41. The Labute approximate surface area is 136 Å². The first-order valence-electron chi connectivity index (χ1n) is 7.63. The number of amides is 1. The van der Waals surface area contributed by atoms with E-state index in [0.29, 0.717) is 19.4 Å². The molecule has 2 heterocycles. The van der Waals surface area contributed by atoms with Crippen molar-refractivity contribution >= 4 is 15.9 Å². The van der Waals surface area contributed by atoms with E-state index in [4.69, 9.17) is 0 Å². The van der Waals surface area contributed by atoms with E-state index in [2.05, 4.69) is 5.10 Å². The minimum atomic E-state index is -3.39. The van der Waals surface area contributed by atoms with Crippen molar-refractivity contribution in [3.63, 3.8) is 0 Å². The van der Waals surface area contributed by atoms with Crippen molar-refractivity contribution in [3.05, 3.63) is 18.5 Å². The average Bonchev–Trinajstić information content (AvgIpc) is 3.09. The van der Waals surface area contributed by atoms with Crippen molar-refractivity contribution in [1.29, 1.82) is 0 Å². The number of aromatic nitrogens is 2. The van der Waals surface area contributed by atoms with Gasteiger partial charge < -0.3 is 10.0 Å². The average molecular weight is 344 g/mol. The number of carbonyl (C=O) groups excluding carboxylic acids is 1. The normalized spacial score (nSPS) is 22.0. The molecule has 0 bridgehead atoms. The standard InChI is InChI=1S/C14H24N4O4S/c1-16(2)23(21,22)11-12-9-17(10-13(12)19)14(20)5-3-7-18-8-4-6-15-18/h4,6,8,12-13,19H,3,5,7,9-11H2,1-2H3/t12-,13-/m0/s1. The van der Waals surface area contributed by atoms with Crippen LogP contribution in [0.5, 0.6) is 0 Å². The Morgan fingerprint density at radius 1 is 1.39 bits per heavy atom. The summed E-state index contributed by atoms with van der Waals surface area (Å²) < 4.78 is 26.7. The Bertz CT molecular complexity index is 615. The van der Waals surface area contributed by atoms with Gasteiger partial charge in [0.25, 0.3) is 0 Å². The minimum absolute atomic E-state index is 0.0547. The van der Waals surface area contributed by atoms with E-state index in [1.54, 1.807) is 15.8 Å². The third-order valence-corrected chi connectivity index (χ3v) is 6.04. The zero-order valence-electron chi connectivity index (χ0n) is 13.5.